The predicted octanol–water partition coefficient (Wildman–Crippen LogP) is 6.53. The Hall–Kier alpha value is -3.48. The van der Waals surface area contributed by atoms with E-state index in [1.54, 1.807) is 17.5 Å². The van der Waals surface area contributed by atoms with Crippen LogP contribution in [0.5, 0.6) is 0 Å². The van der Waals surface area contributed by atoms with E-state index < -0.39 is 0 Å². The number of carbonyl (C=O) groups is 1. The largest absolute Gasteiger partial charge is 0.397 e. The normalized spacial score (nSPS) is 10.9. The minimum atomic E-state index is -0.158. The van der Waals surface area contributed by atoms with E-state index >= 15 is 0 Å². The Balaban J connectivity index is 1.43. The summed E-state index contributed by atoms with van der Waals surface area (Å²) in [5, 5.41) is 6.04. The minimum Gasteiger partial charge on any atom is -0.397 e. The van der Waals surface area contributed by atoms with Crippen LogP contribution >= 0.6 is 22.7 Å². The molecule has 2 aromatic carbocycles. The number of thiophene rings is 2. The summed E-state index contributed by atoms with van der Waals surface area (Å²) in [6.45, 7) is 0. The van der Waals surface area contributed by atoms with E-state index in [1.165, 1.54) is 11.3 Å². The van der Waals surface area contributed by atoms with Gasteiger partial charge in [0.25, 0.3) is 5.91 Å². The highest BCUT2D eigenvalue weighted by molar-refractivity contribution is 7.20. The summed E-state index contributed by atoms with van der Waals surface area (Å²) in [4.78, 5) is 18.9. The highest BCUT2D eigenvalue weighted by Crippen LogP contribution is 2.33. The number of nitrogens with two attached hydrogens (primary N) is 1. The van der Waals surface area contributed by atoms with Crippen LogP contribution in [0.15, 0.2) is 84.5 Å². The summed E-state index contributed by atoms with van der Waals surface area (Å²) in [5.74, 6) is -0.158. The van der Waals surface area contributed by atoms with Crippen molar-refractivity contribution in [2.75, 3.05) is 11.1 Å². The second-order valence-electron chi connectivity index (χ2n) is 6.84. The maximum Gasteiger partial charge on any atom is 0.265 e. The number of nitrogens with one attached hydrogen (secondary N) is 1. The molecule has 146 valence electrons. The number of nitrogen functional groups attached to an aromatic ring is 1. The molecule has 1 amide bonds. The second-order valence-corrected chi connectivity index (χ2v) is 8.87. The molecule has 0 radical (unpaired) electrons. The van der Waals surface area contributed by atoms with Crippen molar-refractivity contribution in [1.82, 2.24) is 4.98 Å². The van der Waals surface area contributed by atoms with Crippen LogP contribution < -0.4 is 11.1 Å². The third-order valence-corrected chi connectivity index (χ3v) is 6.88. The number of carbonyl (C=O) groups excluding carboxylic acids is 1. The van der Waals surface area contributed by atoms with Gasteiger partial charge in [0.1, 0.15) is 0 Å². The number of hydrogen-bond donors (Lipinski definition) is 2. The average Bonchev–Trinajstić information content (AvgIpc) is 3.45. The van der Waals surface area contributed by atoms with Gasteiger partial charge < -0.3 is 11.1 Å². The summed E-state index contributed by atoms with van der Waals surface area (Å²) < 4.78 is 1.06. The lowest BCUT2D eigenvalue weighted by Gasteiger charge is -2.09. The van der Waals surface area contributed by atoms with Crippen molar-refractivity contribution in [2.45, 2.75) is 0 Å². The fraction of sp³-hybridized carbons (Fsp3) is 0. The fourth-order valence-electron chi connectivity index (χ4n) is 3.31. The number of aromatic nitrogens is 1. The van der Waals surface area contributed by atoms with Crippen molar-refractivity contribution in [3.8, 4) is 21.6 Å². The number of hydrogen-bond acceptors (Lipinski definition) is 5. The van der Waals surface area contributed by atoms with Crippen LogP contribution in [0, 0.1) is 0 Å². The van der Waals surface area contributed by atoms with Crippen molar-refractivity contribution < 1.29 is 4.79 Å². The molecule has 0 bridgehead atoms. The first-order valence-electron chi connectivity index (χ1n) is 9.36. The summed E-state index contributed by atoms with van der Waals surface area (Å²) in [6.07, 6.45) is 3.60. The Morgan fingerprint density at radius 2 is 1.83 bits per heavy atom. The van der Waals surface area contributed by atoms with Crippen LogP contribution in [0.2, 0.25) is 0 Å². The number of amides is 1. The third-order valence-electron chi connectivity index (χ3n) is 4.84. The molecule has 0 fully saturated rings. The Bertz CT molecular complexity index is 1340. The Kier molecular flexibility index (Phi) is 4.78. The van der Waals surface area contributed by atoms with Crippen LogP contribution in [0.25, 0.3) is 31.7 Å². The van der Waals surface area contributed by atoms with Crippen molar-refractivity contribution in [2.24, 2.45) is 0 Å². The Morgan fingerprint density at radius 3 is 2.63 bits per heavy atom. The van der Waals surface area contributed by atoms with Crippen molar-refractivity contribution in [3.05, 3.63) is 89.4 Å². The summed E-state index contributed by atoms with van der Waals surface area (Å²) in [7, 11) is 0. The molecule has 0 atom stereocenters. The van der Waals surface area contributed by atoms with Crippen molar-refractivity contribution in [1.29, 1.82) is 0 Å². The van der Waals surface area contributed by atoms with Gasteiger partial charge in [0.05, 0.1) is 16.3 Å². The average molecular weight is 428 g/mol. The zero-order chi connectivity index (χ0) is 20.5. The van der Waals surface area contributed by atoms with Gasteiger partial charge in [0, 0.05) is 27.5 Å². The van der Waals surface area contributed by atoms with E-state index in [4.69, 9.17) is 5.73 Å². The Labute approximate surface area is 181 Å². The maximum atomic E-state index is 12.9. The van der Waals surface area contributed by atoms with Gasteiger partial charge in [-0.1, -0.05) is 24.3 Å². The van der Waals surface area contributed by atoms with E-state index in [9.17, 15) is 4.79 Å². The maximum absolute atomic E-state index is 12.9. The lowest BCUT2D eigenvalue weighted by atomic mass is 10.1. The van der Waals surface area contributed by atoms with Gasteiger partial charge in [-0.15, -0.1) is 22.7 Å². The van der Waals surface area contributed by atoms with Gasteiger partial charge in [-0.25, -0.2) is 0 Å². The van der Waals surface area contributed by atoms with Gasteiger partial charge in [0.2, 0.25) is 0 Å². The first-order valence-corrected chi connectivity index (χ1v) is 11.1. The molecule has 3 N–H and O–H groups in total. The monoisotopic (exact) mass is 427 g/mol. The molecule has 0 unspecified atom stereocenters. The summed E-state index contributed by atoms with van der Waals surface area (Å²) in [6, 6.07) is 21.8. The van der Waals surface area contributed by atoms with E-state index in [2.05, 4.69) is 22.4 Å². The standard InChI is InChI=1S/C24H17N3OS2/c25-19-7-5-16(21-4-2-10-29-21)12-20(19)27-24(28)23-13-18-11-15(6-8-22(18)30-23)17-3-1-9-26-14-17/h1-14H,25H2,(H,27,28). The molecule has 0 saturated heterocycles. The molecule has 0 aliphatic rings. The molecular formula is C24H17N3OS2. The topological polar surface area (TPSA) is 68.0 Å². The van der Waals surface area contributed by atoms with E-state index in [0.717, 1.165) is 31.7 Å². The molecule has 0 saturated carbocycles. The van der Waals surface area contributed by atoms with Crippen LogP contribution in [0.4, 0.5) is 11.4 Å². The number of rotatable bonds is 4. The molecule has 5 aromatic rings. The van der Waals surface area contributed by atoms with Crippen LogP contribution in [0.1, 0.15) is 9.67 Å². The van der Waals surface area contributed by atoms with E-state index in [0.29, 0.717) is 16.3 Å². The van der Waals surface area contributed by atoms with Gasteiger partial charge in [0.15, 0.2) is 0 Å². The first kappa shape index (κ1) is 18.5. The quantitative estimate of drug-likeness (QED) is 0.321. The van der Waals surface area contributed by atoms with Gasteiger partial charge in [-0.05, 0) is 64.4 Å². The van der Waals surface area contributed by atoms with Gasteiger partial charge in [-0.3, -0.25) is 9.78 Å². The molecule has 0 aliphatic heterocycles. The number of pyridine rings is 1. The predicted molar refractivity (Wildman–Crippen MR) is 127 cm³/mol. The molecule has 3 heterocycles. The van der Waals surface area contributed by atoms with Crippen molar-refractivity contribution in [3.63, 3.8) is 0 Å². The number of anilines is 2. The van der Waals surface area contributed by atoms with E-state index in [-0.39, 0.29) is 5.91 Å². The van der Waals surface area contributed by atoms with Crippen LogP contribution in [0.3, 0.4) is 0 Å². The highest BCUT2D eigenvalue weighted by Gasteiger charge is 2.13. The fourth-order valence-corrected chi connectivity index (χ4v) is 4.98. The number of benzene rings is 2. The number of fused-ring (bicyclic) bond motifs is 1. The summed E-state index contributed by atoms with van der Waals surface area (Å²) >= 11 is 3.12. The van der Waals surface area contributed by atoms with Gasteiger partial charge >= 0.3 is 0 Å². The van der Waals surface area contributed by atoms with E-state index in [1.807, 2.05) is 66.2 Å². The highest BCUT2D eigenvalue weighted by atomic mass is 32.1. The zero-order valence-electron chi connectivity index (χ0n) is 15.8. The molecule has 5 rings (SSSR count). The summed E-state index contributed by atoms with van der Waals surface area (Å²) in [5.41, 5.74) is 10.4. The number of nitrogens with zero attached hydrogens (tertiary/aromatic N) is 1. The molecule has 6 heteroatoms. The smallest absolute Gasteiger partial charge is 0.265 e. The second kappa shape index (κ2) is 7.74. The lowest BCUT2D eigenvalue weighted by Crippen LogP contribution is -2.11. The third kappa shape index (κ3) is 3.58. The zero-order valence-corrected chi connectivity index (χ0v) is 17.5. The lowest BCUT2D eigenvalue weighted by molar-refractivity contribution is 0.103. The molecule has 3 aromatic heterocycles. The molecule has 0 spiro atoms. The Morgan fingerprint density at radius 1 is 0.933 bits per heavy atom. The first-order chi connectivity index (χ1) is 14.7. The molecule has 30 heavy (non-hydrogen) atoms. The molecule has 4 nitrogen and oxygen atoms in total. The van der Waals surface area contributed by atoms with Crippen molar-refractivity contribution >= 4 is 50.0 Å². The molecular weight excluding hydrogens is 410 g/mol. The molecule has 0 aliphatic carbocycles. The SMILES string of the molecule is Nc1ccc(-c2cccs2)cc1NC(=O)c1cc2cc(-c3cccnc3)ccc2s1. The van der Waals surface area contributed by atoms with Gasteiger partial charge in [-0.2, -0.15) is 0 Å². The van der Waals surface area contributed by atoms with Crippen LogP contribution in [-0.2, 0) is 0 Å². The minimum absolute atomic E-state index is 0.158. The van der Waals surface area contributed by atoms with Crippen LogP contribution in [-0.4, -0.2) is 10.9 Å².